The largest absolute Gasteiger partial charge is 1.00 e. The molecule has 0 aliphatic carbocycles. The van der Waals surface area contributed by atoms with Gasteiger partial charge >= 0.3 is 29.6 Å². The van der Waals surface area contributed by atoms with Crippen LogP contribution in [0, 0.1) is 0 Å². The zero-order valence-electron chi connectivity index (χ0n) is 7.74. The summed E-state index contributed by atoms with van der Waals surface area (Å²) >= 11 is 0. The molecule has 2 heteroatoms. The molecule has 0 aromatic heterocycles. The summed E-state index contributed by atoms with van der Waals surface area (Å²) in [5.74, 6) is 0.318. The van der Waals surface area contributed by atoms with Crippen molar-refractivity contribution >= 4 is 5.78 Å². The van der Waals surface area contributed by atoms with E-state index in [0.29, 0.717) is 5.78 Å². The van der Waals surface area contributed by atoms with E-state index in [1.54, 1.807) is 6.92 Å². The van der Waals surface area contributed by atoms with Crippen LogP contribution in [-0.2, 0) is 4.79 Å². The molecular weight excluding hydrogens is 123 g/mol. The van der Waals surface area contributed by atoms with E-state index in [1.807, 2.05) is 0 Å². The Labute approximate surface area is 81.0 Å². The second-order valence-corrected chi connectivity index (χ2v) is 2.16. The van der Waals surface area contributed by atoms with Gasteiger partial charge < -0.3 is 6.22 Å². The second-order valence-electron chi connectivity index (χ2n) is 2.16. The van der Waals surface area contributed by atoms with E-state index in [-0.39, 0.29) is 31.0 Å². The molecule has 9 heavy (non-hydrogen) atoms. The van der Waals surface area contributed by atoms with Gasteiger partial charge in [-0.25, -0.2) is 0 Å². The van der Waals surface area contributed by atoms with Crippen LogP contribution in [0.5, 0.6) is 0 Å². The van der Waals surface area contributed by atoms with Gasteiger partial charge in [0.05, 0.1) is 0 Å². The molecule has 50 valence electrons. The van der Waals surface area contributed by atoms with Crippen molar-refractivity contribution < 1.29 is 35.8 Å². The van der Waals surface area contributed by atoms with E-state index in [0.717, 1.165) is 12.8 Å². The Hall–Kier alpha value is 0.670. The van der Waals surface area contributed by atoms with Gasteiger partial charge in [-0.1, -0.05) is 19.8 Å². The van der Waals surface area contributed by atoms with Gasteiger partial charge in [0.25, 0.3) is 0 Å². The third-order valence-electron chi connectivity index (χ3n) is 1.13. The fourth-order valence-corrected chi connectivity index (χ4v) is 0.624. The molecule has 0 heterocycles. The number of hydrogen-bond acceptors (Lipinski definition) is 1. The SMILES string of the molecule is CCCCCC(C)=O.[H-].[Na+]. The Bertz CT molecular complexity index is 76.0. The maximum atomic E-state index is 10.3. The van der Waals surface area contributed by atoms with Crippen LogP contribution < -0.4 is 29.6 Å². The van der Waals surface area contributed by atoms with Crippen molar-refractivity contribution in [3.63, 3.8) is 0 Å². The number of carbonyl (C=O) groups excluding carboxylic acids is 1. The van der Waals surface area contributed by atoms with E-state index < -0.39 is 0 Å². The zero-order chi connectivity index (χ0) is 6.41. The van der Waals surface area contributed by atoms with Crippen LogP contribution in [-0.4, -0.2) is 5.78 Å². The smallest absolute Gasteiger partial charge is 1.00 e. The van der Waals surface area contributed by atoms with E-state index in [9.17, 15) is 4.79 Å². The molecule has 0 spiro atoms. The molecule has 0 amide bonds. The fraction of sp³-hybridized carbons (Fsp3) is 0.857. The van der Waals surface area contributed by atoms with Crippen molar-refractivity contribution in [3.8, 4) is 0 Å². The van der Waals surface area contributed by atoms with Gasteiger partial charge in [0.1, 0.15) is 5.78 Å². The number of ketones is 1. The van der Waals surface area contributed by atoms with E-state index in [4.69, 9.17) is 0 Å². The molecular formula is C7H15NaO. The monoisotopic (exact) mass is 138 g/mol. The molecule has 0 aliphatic rings. The average Bonchev–Trinajstić information content (AvgIpc) is 1.66. The van der Waals surface area contributed by atoms with Crippen LogP contribution >= 0.6 is 0 Å². The Balaban J connectivity index is -0.000000245. The summed E-state index contributed by atoms with van der Waals surface area (Å²) in [7, 11) is 0. The van der Waals surface area contributed by atoms with Crippen LogP contribution in [0.4, 0.5) is 0 Å². The maximum Gasteiger partial charge on any atom is 1.00 e. The third kappa shape index (κ3) is 12.0. The van der Waals surface area contributed by atoms with E-state index >= 15 is 0 Å². The van der Waals surface area contributed by atoms with Crippen LogP contribution in [0.2, 0.25) is 0 Å². The molecule has 1 nitrogen and oxygen atoms in total. The Morgan fingerprint density at radius 3 is 2.33 bits per heavy atom. The first-order chi connectivity index (χ1) is 3.77. The molecule has 0 N–H and O–H groups in total. The Morgan fingerprint density at radius 1 is 1.44 bits per heavy atom. The maximum absolute atomic E-state index is 10.3. The van der Waals surface area contributed by atoms with Gasteiger partial charge in [-0.05, 0) is 13.3 Å². The summed E-state index contributed by atoms with van der Waals surface area (Å²) in [6.07, 6.45) is 4.24. The van der Waals surface area contributed by atoms with Crippen molar-refractivity contribution in [2.24, 2.45) is 0 Å². The quantitative estimate of drug-likeness (QED) is 0.370. The van der Waals surface area contributed by atoms with E-state index in [2.05, 4.69) is 6.92 Å². The van der Waals surface area contributed by atoms with Gasteiger partial charge in [-0.2, -0.15) is 0 Å². The van der Waals surface area contributed by atoms with Gasteiger partial charge in [0.2, 0.25) is 0 Å². The first-order valence-corrected chi connectivity index (χ1v) is 3.26. The predicted octanol–water partition coefficient (Wildman–Crippen LogP) is -0.728. The predicted molar refractivity (Wildman–Crippen MR) is 35.9 cm³/mol. The molecule has 0 saturated carbocycles. The molecule has 0 radical (unpaired) electrons. The first kappa shape index (κ1) is 12.4. The van der Waals surface area contributed by atoms with Crippen LogP contribution in [0.3, 0.4) is 0 Å². The van der Waals surface area contributed by atoms with Crippen LogP contribution in [0.1, 0.15) is 41.0 Å². The van der Waals surface area contributed by atoms with Gasteiger partial charge in [-0.15, -0.1) is 0 Å². The van der Waals surface area contributed by atoms with Crippen molar-refractivity contribution in [1.82, 2.24) is 0 Å². The number of rotatable bonds is 4. The number of unbranched alkanes of at least 4 members (excludes halogenated alkanes) is 2. The zero-order valence-corrected chi connectivity index (χ0v) is 8.74. The summed E-state index contributed by atoms with van der Waals surface area (Å²) in [6.45, 7) is 3.79. The van der Waals surface area contributed by atoms with Gasteiger partial charge in [0.15, 0.2) is 0 Å². The van der Waals surface area contributed by atoms with Crippen molar-refractivity contribution in [3.05, 3.63) is 0 Å². The Kier molecular flexibility index (Phi) is 11.9. The molecule has 0 unspecified atom stereocenters. The first-order valence-electron chi connectivity index (χ1n) is 3.26. The van der Waals surface area contributed by atoms with Crippen molar-refractivity contribution in [2.75, 3.05) is 0 Å². The summed E-state index contributed by atoms with van der Waals surface area (Å²) in [5, 5.41) is 0. The van der Waals surface area contributed by atoms with Crippen LogP contribution in [0.15, 0.2) is 0 Å². The number of hydrogen-bond donors (Lipinski definition) is 0. The van der Waals surface area contributed by atoms with Gasteiger partial charge in [0, 0.05) is 6.42 Å². The number of carbonyl (C=O) groups is 1. The van der Waals surface area contributed by atoms with Crippen LogP contribution in [0.25, 0.3) is 0 Å². The normalized spacial score (nSPS) is 8.22. The minimum Gasteiger partial charge on any atom is -1.00 e. The molecule has 0 aliphatic heterocycles. The average molecular weight is 138 g/mol. The standard InChI is InChI=1S/C7H14O.Na.H/c1-3-4-5-6-7(2)8;;/h3-6H2,1-2H3;;/q;+1;-1. The summed E-state index contributed by atoms with van der Waals surface area (Å²) < 4.78 is 0. The fourth-order valence-electron chi connectivity index (χ4n) is 0.624. The molecule has 0 saturated heterocycles. The minimum absolute atomic E-state index is 0. The molecule has 0 aromatic carbocycles. The summed E-state index contributed by atoms with van der Waals surface area (Å²) in [6, 6.07) is 0. The minimum atomic E-state index is 0. The summed E-state index contributed by atoms with van der Waals surface area (Å²) in [5.41, 5.74) is 0. The third-order valence-corrected chi connectivity index (χ3v) is 1.13. The summed E-state index contributed by atoms with van der Waals surface area (Å²) in [4.78, 5) is 10.3. The number of Topliss-reactive ketones (excluding diaryl/α,β-unsaturated/α-hetero) is 1. The molecule has 0 rings (SSSR count). The molecule has 0 atom stereocenters. The molecule has 0 bridgehead atoms. The molecule has 0 aromatic rings. The Morgan fingerprint density at radius 2 is 2.00 bits per heavy atom. The van der Waals surface area contributed by atoms with Crippen molar-refractivity contribution in [2.45, 2.75) is 39.5 Å². The topological polar surface area (TPSA) is 17.1 Å². The van der Waals surface area contributed by atoms with Gasteiger partial charge in [-0.3, -0.25) is 0 Å². The van der Waals surface area contributed by atoms with E-state index in [1.165, 1.54) is 12.8 Å². The molecule has 0 fully saturated rings. The second kappa shape index (κ2) is 8.67. The van der Waals surface area contributed by atoms with Crippen molar-refractivity contribution in [1.29, 1.82) is 0 Å².